The van der Waals surface area contributed by atoms with E-state index in [9.17, 15) is 4.79 Å². The Bertz CT molecular complexity index is 736. The summed E-state index contributed by atoms with van der Waals surface area (Å²) in [7, 11) is 0. The van der Waals surface area contributed by atoms with E-state index in [4.69, 9.17) is 0 Å². The maximum absolute atomic E-state index is 12.5. The summed E-state index contributed by atoms with van der Waals surface area (Å²) >= 11 is 3.51. The summed E-state index contributed by atoms with van der Waals surface area (Å²) in [6.45, 7) is 7.56. The highest BCUT2D eigenvalue weighted by Crippen LogP contribution is 2.25. The standard InChI is InChI=1S/C20H23BrN2O/c1-15-4-3-5-17(12-15)14-20(24)23-10-8-22(9-11-23)19-7-6-18(21)13-16(19)2/h3-7,12-13H,8-11,14H2,1-2H3. The van der Waals surface area contributed by atoms with Gasteiger partial charge in [-0.25, -0.2) is 0 Å². The lowest BCUT2D eigenvalue weighted by atomic mass is 10.1. The quantitative estimate of drug-likeness (QED) is 0.796. The van der Waals surface area contributed by atoms with Crippen LogP contribution >= 0.6 is 15.9 Å². The number of anilines is 1. The van der Waals surface area contributed by atoms with E-state index in [-0.39, 0.29) is 5.91 Å². The number of carbonyl (C=O) groups is 1. The maximum Gasteiger partial charge on any atom is 0.227 e. The smallest absolute Gasteiger partial charge is 0.227 e. The minimum absolute atomic E-state index is 0.229. The molecule has 0 N–H and O–H groups in total. The van der Waals surface area contributed by atoms with Crippen LogP contribution in [0, 0.1) is 13.8 Å². The summed E-state index contributed by atoms with van der Waals surface area (Å²) in [5.41, 5.74) is 4.84. The van der Waals surface area contributed by atoms with Crippen molar-refractivity contribution >= 4 is 27.5 Å². The van der Waals surface area contributed by atoms with Gasteiger partial charge < -0.3 is 9.80 Å². The predicted octanol–water partition coefficient (Wildman–Crippen LogP) is 3.96. The van der Waals surface area contributed by atoms with Gasteiger partial charge in [-0.3, -0.25) is 4.79 Å². The molecule has 2 aromatic rings. The van der Waals surface area contributed by atoms with Crippen molar-refractivity contribution in [3.8, 4) is 0 Å². The summed E-state index contributed by atoms with van der Waals surface area (Å²) in [5, 5.41) is 0. The lowest BCUT2D eigenvalue weighted by Gasteiger charge is -2.37. The molecule has 126 valence electrons. The fourth-order valence-corrected chi connectivity index (χ4v) is 3.75. The molecule has 1 aliphatic heterocycles. The van der Waals surface area contributed by atoms with E-state index in [1.165, 1.54) is 16.8 Å². The highest BCUT2D eigenvalue weighted by Gasteiger charge is 2.22. The number of nitrogens with zero attached hydrogens (tertiary/aromatic N) is 2. The van der Waals surface area contributed by atoms with Crippen molar-refractivity contribution in [2.45, 2.75) is 20.3 Å². The number of aryl methyl sites for hydroxylation is 2. The van der Waals surface area contributed by atoms with Gasteiger partial charge >= 0.3 is 0 Å². The molecule has 0 bridgehead atoms. The number of rotatable bonds is 3. The maximum atomic E-state index is 12.5. The fourth-order valence-electron chi connectivity index (χ4n) is 3.28. The molecule has 0 aliphatic carbocycles. The lowest BCUT2D eigenvalue weighted by molar-refractivity contribution is -0.130. The van der Waals surface area contributed by atoms with Crippen molar-refractivity contribution in [3.05, 3.63) is 63.6 Å². The number of hydrogen-bond acceptors (Lipinski definition) is 2. The molecule has 3 rings (SSSR count). The highest BCUT2D eigenvalue weighted by molar-refractivity contribution is 9.10. The zero-order valence-corrected chi connectivity index (χ0v) is 15.8. The zero-order valence-electron chi connectivity index (χ0n) is 14.3. The largest absolute Gasteiger partial charge is 0.368 e. The van der Waals surface area contributed by atoms with Crippen LogP contribution in [0.5, 0.6) is 0 Å². The van der Waals surface area contributed by atoms with Crippen LogP contribution in [0.3, 0.4) is 0 Å². The molecule has 1 heterocycles. The van der Waals surface area contributed by atoms with Gasteiger partial charge in [0.05, 0.1) is 6.42 Å². The van der Waals surface area contributed by atoms with Gasteiger partial charge in [-0.15, -0.1) is 0 Å². The monoisotopic (exact) mass is 386 g/mol. The number of carbonyl (C=O) groups excluding carboxylic acids is 1. The van der Waals surface area contributed by atoms with Crippen molar-refractivity contribution < 1.29 is 4.79 Å². The van der Waals surface area contributed by atoms with Gasteiger partial charge in [0.1, 0.15) is 0 Å². The Morgan fingerprint density at radius 2 is 1.79 bits per heavy atom. The van der Waals surface area contributed by atoms with Crippen LogP contribution in [-0.2, 0) is 11.2 Å². The van der Waals surface area contributed by atoms with Gasteiger partial charge in [0.2, 0.25) is 5.91 Å². The minimum atomic E-state index is 0.229. The summed E-state index contributed by atoms with van der Waals surface area (Å²) in [5.74, 6) is 0.229. The van der Waals surface area contributed by atoms with Gasteiger partial charge in [-0.05, 0) is 43.2 Å². The first-order valence-corrected chi connectivity index (χ1v) is 9.16. The van der Waals surface area contributed by atoms with Crippen LogP contribution in [0.15, 0.2) is 46.9 Å². The second kappa shape index (κ2) is 7.39. The third kappa shape index (κ3) is 3.99. The summed E-state index contributed by atoms with van der Waals surface area (Å²) in [4.78, 5) is 16.9. The average molecular weight is 387 g/mol. The predicted molar refractivity (Wildman–Crippen MR) is 103 cm³/mol. The van der Waals surface area contributed by atoms with E-state index >= 15 is 0 Å². The number of halogens is 1. The van der Waals surface area contributed by atoms with Gasteiger partial charge in [0, 0.05) is 36.3 Å². The Kier molecular flexibility index (Phi) is 5.24. The van der Waals surface area contributed by atoms with Crippen molar-refractivity contribution in [3.63, 3.8) is 0 Å². The molecule has 0 atom stereocenters. The van der Waals surface area contributed by atoms with Crippen LogP contribution in [0.25, 0.3) is 0 Å². The van der Waals surface area contributed by atoms with E-state index in [1.54, 1.807) is 0 Å². The molecule has 1 aliphatic rings. The highest BCUT2D eigenvalue weighted by atomic mass is 79.9. The van der Waals surface area contributed by atoms with Crippen molar-refractivity contribution in [2.24, 2.45) is 0 Å². The lowest BCUT2D eigenvalue weighted by Crippen LogP contribution is -2.49. The Morgan fingerprint density at radius 1 is 1.04 bits per heavy atom. The van der Waals surface area contributed by atoms with Crippen molar-refractivity contribution in [2.75, 3.05) is 31.1 Å². The van der Waals surface area contributed by atoms with Gasteiger partial charge in [0.15, 0.2) is 0 Å². The molecule has 0 saturated carbocycles. The Hall–Kier alpha value is -1.81. The van der Waals surface area contributed by atoms with E-state index < -0.39 is 0 Å². The summed E-state index contributed by atoms with van der Waals surface area (Å²) < 4.78 is 1.11. The van der Waals surface area contributed by atoms with E-state index in [0.717, 1.165) is 36.2 Å². The van der Waals surface area contributed by atoms with E-state index in [1.807, 2.05) is 17.0 Å². The molecule has 1 fully saturated rings. The SMILES string of the molecule is Cc1cccc(CC(=O)N2CCN(c3ccc(Br)cc3C)CC2)c1. The Labute approximate surface area is 152 Å². The van der Waals surface area contributed by atoms with Crippen LogP contribution in [0.1, 0.15) is 16.7 Å². The van der Waals surface area contributed by atoms with Crippen LogP contribution in [-0.4, -0.2) is 37.0 Å². The third-order valence-electron chi connectivity index (χ3n) is 4.57. The van der Waals surface area contributed by atoms with Gasteiger partial charge in [-0.1, -0.05) is 45.8 Å². The first-order chi connectivity index (χ1) is 11.5. The molecule has 0 aromatic heterocycles. The topological polar surface area (TPSA) is 23.6 Å². The van der Waals surface area contributed by atoms with E-state index in [0.29, 0.717) is 6.42 Å². The van der Waals surface area contributed by atoms with Crippen LogP contribution in [0.2, 0.25) is 0 Å². The molecule has 1 saturated heterocycles. The molecule has 0 spiro atoms. The summed E-state index contributed by atoms with van der Waals surface area (Å²) in [6.07, 6.45) is 0.499. The van der Waals surface area contributed by atoms with Crippen molar-refractivity contribution in [1.82, 2.24) is 4.90 Å². The number of benzene rings is 2. The molecule has 24 heavy (non-hydrogen) atoms. The molecule has 4 heteroatoms. The molecule has 2 aromatic carbocycles. The summed E-state index contributed by atoms with van der Waals surface area (Å²) in [6, 6.07) is 14.6. The number of hydrogen-bond donors (Lipinski definition) is 0. The number of amides is 1. The van der Waals surface area contributed by atoms with Crippen LogP contribution in [0.4, 0.5) is 5.69 Å². The molecular weight excluding hydrogens is 364 g/mol. The first kappa shape index (κ1) is 17.0. The fraction of sp³-hybridized carbons (Fsp3) is 0.350. The molecule has 0 radical (unpaired) electrons. The molecule has 0 unspecified atom stereocenters. The van der Waals surface area contributed by atoms with Crippen molar-refractivity contribution in [1.29, 1.82) is 0 Å². The molecule has 3 nitrogen and oxygen atoms in total. The second-order valence-corrected chi connectivity index (χ2v) is 7.38. The van der Waals surface area contributed by atoms with Crippen LogP contribution < -0.4 is 4.90 Å². The molecule has 1 amide bonds. The number of piperazine rings is 1. The van der Waals surface area contributed by atoms with Gasteiger partial charge in [-0.2, -0.15) is 0 Å². The second-order valence-electron chi connectivity index (χ2n) is 6.46. The normalized spacial score (nSPS) is 14.8. The average Bonchev–Trinajstić information content (AvgIpc) is 2.55. The Morgan fingerprint density at radius 3 is 2.46 bits per heavy atom. The first-order valence-electron chi connectivity index (χ1n) is 8.37. The molecular formula is C20H23BrN2O. The third-order valence-corrected chi connectivity index (χ3v) is 5.06. The zero-order chi connectivity index (χ0) is 17.1. The minimum Gasteiger partial charge on any atom is -0.368 e. The Balaban J connectivity index is 1.59. The van der Waals surface area contributed by atoms with E-state index in [2.05, 4.69) is 65.0 Å². The van der Waals surface area contributed by atoms with Gasteiger partial charge in [0.25, 0.3) is 0 Å².